The molecule has 1 N–H and O–H groups in total. The van der Waals surface area contributed by atoms with E-state index in [1.165, 1.54) is 12.0 Å². The Kier molecular flexibility index (Phi) is 8.46. The second kappa shape index (κ2) is 11.8. The number of imide groups is 1. The summed E-state index contributed by atoms with van der Waals surface area (Å²) in [6.45, 7) is 5.16. The molecule has 3 amide bonds. The predicted octanol–water partition coefficient (Wildman–Crippen LogP) is 4.95. The van der Waals surface area contributed by atoms with Gasteiger partial charge in [-0.3, -0.25) is 14.5 Å². The summed E-state index contributed by atoms with van der Waals surface area (Å²) in [4.78, 5) is 43.8. The topological polar surface area (TPSA) is 93.5 Å². The molecule has 1 saturated carbocycles. The lowest BCUT2D eigenvalue weighted by Crippen LogP contribution is -2.34. The van der Waals surface area contributed by atoms with Gasteiger partial charge in [-0.25, -0.2) is 9.78 Å². The normalized spacial score (nSPS) is 18.0. The van der Waals surface area contributed by atoms with Gasteiger partial charge >= 0.3 is 12.0 Å². The Hall–Kier alpha value is -3.42. The van der Waals surface area contributed by atoms with Crippen molar-refractivity contribution in [1.29, 1.82) is 0 Å². The summed E-state index contributed by atoms with van der Waals surface area (Å²) in [5.41, 5.74) is 2.59. The van der Waals surface area contributed by atoms with Crippen LogP contribution in [0.2, 0.25) is 0 Å². The van der Waals surface area contributed by atoms with Crippen LogP contribution in [0.5, 0.6) is 0 Å². The highest BCUT2D eigenvalue weighted by Gasteiger charge is 2.43. The fourth-order valence-corrected chi connectivity index (χ4v) is 5.40. The van der Waals surface area contributed by atoms with E-state index < -0.39 is 5.41 Å². The Morgan fingerprint density at radius 2 is 1.81 bits per heavy atom. The molecule has 2 aromatic rings. The van der Waals surface area contributed by atoms with Crippen LogP contribution in [0.15, 0.2) is 36.2 Å². The molecular formula is C29H38N4O4. The van der Waals surface area contributed by atoms with Crippen LogP contribution >= 0.6 is 0 Å². The zero-order chi connectivity index (χ0) is 26.4. The Bertz CT molecular complexity index is 1160. The number of carbonyl (C=O) groups is 3. The molecule has 1 aliphatic carbocycles. The van der Waals surface area contributed by atoms with Crippen molar-refractivity contribution >= 4 is 24.0 Å². The smallest absolute Gasteiger partial charge is 0.329 e. The number of benzene rings is 1. The van der Waals surface area contributed by atoms with Gasteiger partial charge in [-0.05, 0) is 42.9 Å². The minimum absolute atomic E-state index is 0.153. The van der Waals surface area contributed by atoms with Crippen molar-refractivity contribution in [2.24, 2.45) is 0 Å². The minimum atomic E-state index is -0.547. The maximum atomic E-state index is 12.9. The summed E-state index contributed by atoms with van der Waals surface area (Å²) >= 11 is 0. The monoisotopic (exact) mass is 506 g/mol. The number of nitrogens with zero attached hydrogens (tertiary/aromatic N) is 3. The van der Waals surface area contributed by atoms with Gasteiger partial charge < -0.3 is 14.6 Å². The first-order chi connectivity index (χ1) is 17.9. The van der Waals surface area contributed by atoms with Crippen molar-refractivity contribution in [2.75, 3.05) is 13.7 Å². The molecule has 0 bridgehead atoms. The Morgan fingerprint density at radius 3 is 2.46 bits per heavy atom. The van der Waals surface area contributed by atoms with Gasteiger partial charge in [-0.2, -0.15) is 0 Å². The molecule has 1 aromatic heterocycles. The highest BCUT2D eigenvalue weighted by Crippen LogP contribution is 2.42. The van der Waals surface area contributed by atoms with Gasteiger partial charge in [-0.15, -0.1) is 0 Å². The van der Waals surface area contributed by atoms with Crippen molar-refractivity contribution in [3.8, 4) is 0 Å². The summed E-state index contributed by atoms with van der Waals surface area (Å²) < 4.78 is 7.27. The molecule has 2 fully saturated rings. The number of unbranched alkanes of at least 4 members (excludes halogenated alkanes) is 2. The molecule has 0 radical (unpaired) electrons. The lowest BCUT2D eigenvalue weighted by molar-refractivity contribution is -0.147. The van der Waals surface area contributed by atoms with E-state index in [-0.39, 0.29) is 23.6 Å². The molecule has 2 heterocycles. The number of nitrogens with one attached hydrogen (secondary N) is 1. The number of methoxy groups -OCH3 is 1. The zero-order valence-corrected chi connectivity index (χ0v) is 22.2. The summed E-state index contributed by atoms with van der Waals surface area (Å²) in [5.74, 6) is 0.494. The molecule has 4 rings (SSSR count). The molecule has 0 unspecified atom stereocenters. The number of amides is 3. The van der Waals surface area contributed by atoms with Crippen LogP contribution < -0.4 is 5.32 Å². The van der Waals surface area contributed by atoms with Crippen LogP contribution in [0.1, 0.15) is 87.9 Å². The molecule has 37 heavy (non-hydrogen) atoms. The van der Waals surface area contributed by atoms with Crippen LogP contribution in [0.4, 0.5) is 4.79 Å². The molecule has 0 atom stereocenters. The van der Waals surface area contributed by atoms with Gasteiger partial charge in [0, 0.05) is 19.5 Å². The zero-order valence-electron chi connectivity index (χ0n) is 22.2. The first-order valence-corrected chi connectivity index (χ1v) is 13.5. The number of carbonyl (C=O) groups excluding carboxylic acids is 3. The average molecular weight is 507 g/mol. The highest BCUT2D eigenvalue weighted by atomic mass is 16.5. The molecule has 2 aliphatic rings. The van der Waals surface area contributed by atoms with E-state index >= 15 is 0 Å². The quantitative estimate of drug-likeness (QED) is 0.264. The molecular weight excluding hydrogens is 468 g/mol. The van der Waals surface area contributed by atoms with Gasteiger partial charge in [0.05, 0.1) is 24.4 Å². The van der Waals surface area contributed by atoms with Crippen molar-refractivity contribution < 1.29 is 19.1 Å². The summed E-state index contributed by atoms with van der Waals surface area (Å²) in [7, 11) is 1.46. The maximum absolute atomic E-state index is 12.9. The summed E-state index contributed by atoms with van der Waals surface area (Å²) in [6.07, 6.45) is 11.7. The van der Waals surface area contributed by atoms with Crippen LogP contribution in [-0.2, 0) is 32.7 Å². The number of imidazole rings is 1. The molecule has 198 valence electrons. The highest BCUT2D eigenvalue weighted by molar-refractivity contribution is 6.13. The van der Waals surface area contributed by atoms with Crippen molar-refractivity contribution in [3.63, 3.8) is 0 Å². The second-order valence-corrected chi connectivity index (χ2v) is 10.1. The number of aromatic nitrogens is 2. The fraction of sp³-hybridized carbons (Fsp3) is 0.517. The maximum Gasteiger partial charge on any atom is 0.329 e. The van der Waals surface area contributed by atoms with Gasteiger partial charge in [-0.1, -0.05) is 63.8 Å². The van der Waals surface area contributed by atoms with E-state index in [0.717, 1.165) is 80.4 Å². The molecule has 1 saturated heterocycles. The largest absolute Gasteiger partial charge is 0.468 e. The van der Waals surface area contributed by atoms with E-state index in [0.29, 0.717) is 13.1 Å². The SMILES string of the molecule is CCCCc1ncc(C=C2NC(=O)N(CCCC)C2=O)n1Cc1ccc(C2(C(=O)OC)CCCC2)cc1. The molecule has 8 nitrogen and oxygen atoms in total. The van der Waals surface area contributed by atoms with Crippen LogP contribution in [-0.4, -0.2) is 46.0 Å². The van der Waals surface area contributed by atoms with Crippen molar-refractivity contribution in [2.45, 2.75) is 83.6 Å². The molecule has 1 aromatic carbocycles. The Balaban J connectivity index is 1.60. The number of hydrogen-bond acceptors (Lipinski definition) is 5. The average Bonchev–Trinajstić information content (AvgIpc) is 3.61. The first-order valence-electron chi connectivity index (χ1n) is 13.5. The first kappa shape index (κ1) is 26.6. The van der Waals surface area contributed by atoms with Crippen molar-refractivity contribution in [1.82, 2.24) is 19.8 Å². The molecule has 1 aliphatic heterocycles. The van der Waals surface area contributed by atoms with E-state index in [1.807, 2.05) is 19.1 Å². The Morgan fingerprint density at radius 1 is 1.11 bits per heavy atom. The minimum Gasteiger partial charge on any atom is -0.468 e. The fourth-order valence-electron chi connectivity index (χ4n) is 5.40. The van der Waals surface area contributed by atoms with Gasteiger partial charge in [0.25, 0.3) is 5.91 Å². The summed E-state index contributed by atoms with van der Waals surface area (Å²) in [5, 5.41) is 2.73. The standard InChI is InChI=1S/C29H38N4O4/c1-4-6-10-25-30-19-23(18-24-26(34)32(17-7-5-2)28(36)31-24)33(25)20-21-11-13-22(14-12-21)29(27(35)37-3)15-8-9-16-29/h11-14,18-19H,4-10,15-17,20H2,1-3H3,(H,31,36). The van der Waals surface area contributed by atoms with E-state index in [1.54, 1.807) is 12.3 Å². The second-order valence-electron chi connectivity index (χ2n) is 10.1. The van der Waals surface area contributed by atoms with E-state index in [4.69, 9.17) is 4.74 Å². The third kappa shape index (κ3) is 5.48. The van der Waals surface area contributed by atoms with Gasteiger partial charge in [0.2, 0.25) is 0 Å². The lowest BCUT2D eigenvalue weighted by Gasteiger charge is -2.26. The van der Waals surface area contributed by atoms with Crippen LogP contribution in [0.3, 0.4) is 0 Å². The number of hydrogen-bond donors (Lipinski definition) is 1. The predicted molar refractivity (Wildman–Crippen MR) is 142 cm³/mol. The van der Waals surface area contributed by atoms with E-state index in [9.17, 15) is 14.4 Å². The Labute approximate surface area is 219 Å². The van der Waals surface area contributed by atoms with Crippen LogP contribution in [0.25, 0.3) is 6.08 Å². The molecule has 8 heteroatoms. The number of urea groups is 1. The number of ether oxygens (including phenoxy) is 1. The van der Waals surface area contributed by atoms with Crippen molar-refractivity contribution in [3.05, 3.63) is 58.8 Å². The third-order valence-electron chi connectivity index (χ3n) is 7.59. The third-order valence-corrected chi connectivity index (χ3v) is 7.59. The summed E-state index contributed by atoms with van der Waals surface area (Å²) in [6, 6.07) is 7.85. The van der Waals surface area contributed by atoms with Gasteiger partial charge in [0.15, 0.2) is 0 Å². The van der Waals surface area contributed by atoms with Crippen LogP contribution in [0, 0.1) is 0 Å². The number of rotatable bonds is 11. The number of aryl methyl sites for hydroxylation is 1. The lowest BCUT2D eigenvalue weighted by atomic mass is 9.78. The van der Waals surface area contributed by atoms with E-state index in [2.05, 4.69) is 33.9 Å². The van der Waals surface area contributed by atoms with Gasteiger partial charge in [0.1, 0.15) is 11.5 Å². The molecule has 0 spiro atoms. The number of esters is 1.